The molecule has 10 heteroatoms. The van der Waals surface area contributed by atoms with Gasteiger partial charge < -0.3 is 5.32 Å². The number of thiophene rings is 1. The standard InChI is InChI=1S/C21H19N5O3S2/c1-13(2)25-20(17-11-30-18-6-4-3-5-16(17)18)23-24-21(25)31-12-19(27)22-14-7-9-15(10-8-14)26(28)29/h3-11,13H,12H2,1-2H3,(H,22,27). The Morgan fingerprint density at radius 1 is 1.19 bits per heavy atom. The number of anilines is 1. The van der Waals surface area contributed by atoms with Crippen LogP contribution in [0.15, 0.2) is 59.1 Å². The summed E-state index contributed by atoms with van der Waals surface area (Å²) >= 11 is 2.97. The third-order valence-corrected chi connectivity index (χ3v) is 6.50. The van der Waals surface area contributed by atoms with Crippen molar-refractivity contribution in [1.29, 1.82) is 0 Å². The Morgan fingerprint density at radius 2 is 1.94 bits per heavy atom. The van der Waals surface area contributed by atoms with Gasteiger partial charge in [-0.3, -0.25) is 19.5 Å². The summed E-state index contributed by atoms with van der Waals surface area (Å²) in [5.41, 5.74) is 1.52. The van der Waals surface area contributed by atoms with Crippen LogP contribution in [-0.4, -0.2) is 31.3 Å². The predicted molar refractivity (Wildman–Crippen MR) is 124 cm³/mol. The summed E-state index contributed by atoms with van der Waals surface area (Å²) in [5.74, 6) is 0.706. The first kappa shape index (κ1) is 21.0. The van der Waals surface area contributed by atoms with Crippen molar-refractivity contribution in [3.8, 4) is 11.4 Å². The first-order valence-electron chi connectivity index (χ1n) is 9.52. The monoisotopic (exact) mass is 453 g/mol. The van der Waals surface area contributed by atoms with Crippen LogP contribution in [0.5, 0.6) is 0 Å². The van der Waals surface area contributed by atoms with Gasteiger partial charge >= 0.3 is 0 Å². The molecule has 0 atom stereocenters. The van der Waals surface area contributed by atoms with Gasteiger partial charge in [0.05, 0.1) is 10.7 Å². The largest absolute Gasteiger partial charge is 0.325 e. The number of hydrogen-bond donors (Lipinski definition) is 1. The Kier molecular flexibility index (Phi) is 6.01. The van der Waals surface area contributed by atoms with E-state index < -0.39 is 4.92 Å². The van der Waals surface area contributed by atoms with Crippen molar-refractivity contribution in [3.63, 3.8) is 0 Å². The van der Waals surface area contributed by atoms with Gasteiger partial charge in [-0.2, -0.15) is 0 Å². The number of hydrogen-bond acceptors (Lipinski definition) is 7. The molecule has 2 aromatic carbocycles. The van der Waals surface area contributed by atoms with E-state index in [1.165, 1.54) is 40.7 Å². The summed E-state index contributed by atoms with van der Waals surface area (Å²) < 4.78 is 3.23. The number of fused-ring (bicyclic) bond motifs is 1. The third-order valence-electron chi connectivity index (χ3n) is 4.60. The van der Waals surface area contributed by atoms with Crippen molar-refractivity contribution in [2.24, 2.45) is 0 Å². The smallest absolute Gasteiger partial charge is 0.269 e. The zero-order valence-electron chi connectivity index (χ0n) is 16.8. The molecule has 1 amide bonds. The van der Waals surface area contributed by atoms with E-state index in [9.17, 15) is 14.9 Å². The maximum absolute atomic E-state index is 12.4. The van der Waals surface area contributed by atoms with Gasteiger partial charge in [0, 0.05) is 44.9 Å². The van der Waals surface area contributed by atoms with Gasteiger partial charge in [0.1, 0.15) is 0 Å². The molecule has 0 unspecified atom stereocenters. The second-order valence-corrected chi connectivity index (χ2v) is 8.91. The number of nitro groups is 1. The van der Waals surface area contributed by atoms with E-state index >= 15 is 0 Å². The lowest BCUT2D eigenvalue weighted by molar-refractivity contribution is -0.384. The van der Waals surface area contributed by atoms with E-state index in [0.29, 0.717) is 10.8 Å². The zero-order valence-corrected chi connectivity index (χ0v) is 18.4. The van der Waals surface area contributed by atoms with Crippen molar-refractivity contribution in [1.82, 2.24) is 14.8 Å². The van der Waals surface area contributed by atoms with Gasteiger partial charge in [0.25, 0.3) is 5.69 Å². The molecule has 0 aliphatic rings. The minimum atomic E-state index is -0.478. The summed E-state index contributed by atoms with van der Waals surface area (Å²) in [6.07, 6.45) is 0. The molecular formula is C21H19N5O3S2. The number of benzene rings is 2. The second-order valence-electron chi connectivity index (χ2n) is 7.06. The SMILES string of the molecule is CC(C)n1c(SCC(=O)Nc2ccc([N+](=O)[O-])cc2)nnc1-c1csc2ccccc12. The Labute approximate surface area is 186 Å². The minimum Gasteiger partial charge on any atom is -0.325 e. The molecule has 31 heavy (non-hydrogen) atoms. The van der Waals surface area contributed by atoms with Crippen molar-refractivity contribution in [2.45, 2.75) is 25.0 Å². The molecule has 0 radical (unpaired) electrons. The van der Waals surface area contributed by atoms with Gasteiger partial charge in [-0.05, 0) is 32.0 Å². The predicted octanol–water partition coefficient (Wildman–Crippen LogP) is 5.38. The van der Waals surface area contributed by atoms with E-state index in [1.54, 1.807) is 11.3 Å². The summed E-state index contributed by atoms with van der Waals surface area (Å²) in [4.78, 5) is 22.6. The average Bonchev–Trinajstić information content (AvgIpc) is 3.36. The molecule has 1 N–H and O–H groups in total. The van der Waals surface area contributed by atoms with E-state index in [4.69, 9.17) is 0 Å². The van der Waals surface area contributed by atoms with Crippen LogP contribution in [0.3, 0.4) is 0 Å². The fourth-order valence-corrected chi connectivity index (χ4v) is 4.98. The number of nitrogens with zero attached hydrogens (tertiary/aromatic N) is 4. The molecule has 0 spiro atoms. The fourth-order valence-electron chi connectivity index (χ4n) is 3.17. The number of carbonyl (C=O) groups is 1. The summed E-state index contributed by atoms with van der Waals surface area (Å²) in [6, 6.07) is 14.0. The molecule has 0 saturated carbocycles. The Hall–Kier alpha value is -3.24. The van der Waals surface area contributed by atoms with Gasteiger partial charge in [-0.15, -0.1) is 21.5 Å². The van der Waals surface area contributed by atoms with Crippen LogP contribution in [0, 0.1) is 10.1 Å². The topological polar surface area (TPSA) is 103 Å². The number of aromatic nitrogens is 3. The second kappa shape index (κ2) is 8.86. The number of rotatable bonds is 7. The minimum absolute atomic E-state index is 0.0223. The van der Waals surface area contributed by atoms with Crippen LogP contribution >= 0.6 is 23.1 Å². The highest BCUT2D eigenvalue weighted by Gasteiger charge is 2.20. The van der Waals surface area contributed by atoms with E-state index in [0.717, 1.165) is 16.8 Å². The Balaban J connectivity index is 1.50. The van der Waals surface area contributed by atoms with Gasteiger partial charge in [0.15, 0.2) is 11.0 Å². The number of nitro benzene ring substituents is 1. The number of nitrogens with one attached hydrogen (secondary N) is 1. The maximum Gasteiger partial charge on any atom is 0.269 e. The van der Waals surface area contributed by atoms with Gasteiger partial charge in [0.2, 0.25) is 5.91 Å². The summed E-state index contributed by atoms with van der Waals surface area (Å²) in [6.45, 7) is 4.12. The van der Waals surface area contributed by atoms with E-state index in [1.807, 2.05) is 16.7 Å². The summed E-state index contributed by atoms with van der Waals surface area (Å²) in [7, 11) is 0. The molecular weight excluding hydrogens is 434 g/mol. The Morgan fingerprint density at radius 3 is 2.65 bits per heavy atom. The van der Waals surface area contributed by atoms with Crippen molar-refractivity contribution < 1.29 is 9.72 Å². The molecule has 158 valence electrons. The zero-order chi connectivity index (χ0) is 22.0. The highest BCUT2D eigenvalue weighted by molar-refractivity contribution is 7.99. The van der Waals surface area contributed by atoms with Crippen LogP contribution < -0.4 is 5.32 Å². The number of amides is 1. The molecule has 4 aromatic rings. The lowest BCUT2D eigenvalue weighted by Gasteiger charge is -2.13. The molecule has 0 fully saturated rings. The van der Waals surface area contributed by atoms with E-state index in [2.05, 4.69) is 46.9 Å². The highest BCUT2D eigenvalue weighted by Crippen LogP contribution is 2.35. The molecule has 2 heterocycles. The third kappa shape index (κ3) is 4.44. The van der Waals surface area contributed by atoms with E-state index in [-0.39, 0.29) is 23.4 Å². The molecule has 0 saturated heterocycles. The van der Waals surface area contributed by atoms with Crippen LogP contribution in [-0.2, 0) is 4.79 Å². The lowest BCUT2D eigenvalue weighted by Crippen LogP contribution is -2.15. The van der Waals surface area contributed by atoms with Crippen molar-refractivity contribution in [2.75, 3.05) is 11.1 Å². The number of non-ortho nitro benzene ring substituents is 1. The maximum atomic E-state index is 12.4. The van der Waals surface area contributed by atoms with Gasteiger partial charge in [-0.25, -0.2) is 0 Å². The van der Waals surface area contributed by atoms with Crippen LogP contribution in [0.25, 0.3) is 21.5 Å². The molecule has 4 rings (SSSR count). The van der Waals surface area contributed by atoms with Crippen LogP contribution in [0.4, 0.5) is 11.4 Å². The molecule has 8 nitrogen and oxygen atoms in total. The van der Waals surface area contributed by atoms with Crippen molar-refractivity contribution >= 4 is 50.5 Å². The lowest BCUT2D eigenvalue weighted by atomic mass is 10.1. The molecule has 0 bridgehead atoms. The quantitative estimate of drug-likeness (QED) is 0.229. The van der Waals surface area contributed by atoms with Crippen LogP contribution in [0.2, 0.25) is 0 Å². The summed E-state index contributed by atoms with van der Waals surface area (Å²) in [5, 5.41) is 26.1. The van der Waals surface area contributed by atoms with Gasteiger partial charge in [-0.1, -0.05) is 30.0 Å². The Bertz CT molecular complexity index is 1250. The molecule has 0 aliphatic carbocycles. The highest BCUT2D eigenvalue weighted by atomic mass is 32.2. The number of carbonyl (C=O) groups excluding carboxylic acids is 1. The fraction of sp³-hybridized carbons (Fsp3) is 0.190. The normalized spacial score (nSPS) is 11.2. The molecule has 0 aliphatic heterocycles. The van der Waals surface area contributed by atoms with Crippen LogP contribution in [0.1, 0.15) is 19.9 Å². The average molecular weight is 454 g/mol. The molecule has 2 aromatic heterocycles. The first-order valence-corrected chi connectivity index (χ1v) is 11.4. The van der Waals surface area contributed by atoms with Crippen molar-refractivity contribution in [3.05, 3.63) is 64.0 Å². The number of thioether (sulfide) groups is 1. The first-order chi connectivity index (χ1) is 14.9.